The second-order valence-corrected chi connectivity index (χ2v) is 9.24. The number of rotatable bonds is 9. The molecule has 0 saturated carbocycles. The zero-order chi connectivity index (χ0) is 27.8. The Morgan fingerprint density at radius 3 is 2.26 bits per heavy atom. The summed E-state index contributed by atoms with van der Waals surface area (Å²) in [5.74, 6) is 0.171. The Labute approximate surface area is 235 Å². The Morgan fingerprint density at radius 1 is 0.846 bits per heavy atom. The molecular formula is C30H24Cl2N2O5. The van der Waals surface area contributed by atoms with Crippen LogP contribution in [0.25, 0.3) is 0 Å². The lowest BCUT2D eigenvalue weighted by molar-refractivity contribution is 0.0729. The molecule has 0 saturated heterocycles. The summed E-state index contributed by atoms with van der Waals surface area (Å²) in [4.78, 5) is 25.0. The minimum atomic E-state index is -0.618. The molecule has 1 N–H and O–H groups in total. The molecule has 0 heterocycles. The molecular weight excluding hydrogens is 539 g/mol. The van der Waals surface area contributed by atoms with Crippen molar-refractivity contribution in [1.29, 1.82) is 0 Å². The van der Waals surface area contributed by atoms with Crippen LogP contribution in [0.15, 0.2) is 90.0 Å². The van der Waals surface area contributed by atoms with Crippen molar-refractivity contribution in [3.8, 4) is 17.2 Å². The predicted octanol–water partition coefficient (Wildman–Crippen LogP) is 6.87. The maximum atomic E-state index is 12.5. The van der Waals surface area contributed by atoms with Crippen molar-refractivity contribution in [2.24, 2.45) is 5.10 Å². The summed E-state index contributed by atoms with van der Waals surface area (Å²) in [5, 5.41) is 4.59. The summed E-state index contributed by atoms with van der Waals surface area (Å²) in [7, 11) is 1.45. The SMILES string of the molecule is COc1cc(/C=N\NC(=O)c2ccc(OCc3ccc(C)cc3)cc2)ccc1OC(=O)c1ccc(Cl)c(Cl)c1. The quantitative estimate of drug-likeness (QED) is 0.104. The highest BCUT2D eigenvalue weighted by Crippen LogP contribution is 2.29. The zero-order valence-electron chi connectivity index (χ0n) is 21.1. The molecule has 0 unspecified atom stereocenters. The number of benzene rings is 4. The van der Waals surface area contributed by atoms with Crippen LogP contribution in [-0.4, -0.2) is 25.2 Å². The van der Waals surface area contributed by atoms with E-state index in [1.807, 2.05) is 31.2 Å². The first-order valence-electron chi connectivity index (χ1n) is 11.8. The van der Waals surface area contributed by atoms with Gasteiger partial charge in [-0.25, -0.2) is 10.2 Å². The Kier molecular flexibility index (Phi) is 9.20. The van der Waals surface area contributed by atoms with Gasteiger partial charge < -0.3 is 14.2 Å². The van der Waals surface area contributed by atoms with E-state index in [1.165, 1.54) is 37.1 Å². The number of carbonyl (C=O) groups is 2. The van der Waals surface area contributed by atoms with Crippen LogP contribution in [0.1, 0.15) is 37.4 Å². The van der Waals surface area contributed by atoms with E-state index >= 15 is 0 Å². The number of nitrogens with one attached hydrogen (secondary N) is 1. The predicted molar refractivity (Wildman–Crippen MR) is 151 cm³/mol. The molecule has 9 heteroatoms. The first-order valence-corrected chi connectivity index (χ1v) is 12.5. The van der Waals surface area contributed by atoms with Gasteiger partial charge in [0, 0.05) is 5.56 Å². The number of amides is 1. The molecule has 0 radical (unpaired) electrons. The van der Waals surface area contributed by atoms with Gasteiger partial charge in [-0.2, -0.15) is 5.10 Å². The Bertz CT molecular complexity index is 1500. The van der Waals surface area contributed by atoms with E-state index in [1.54, 1.807) is 42.5 Å². The number of hydrazone groups is 1. The third kappa shape index (κ3) is 7.60. The third-order valence-corrected chi connectivity index (χ3v) is 6.31. The zero-order valence-corrected chi connectivity index (χ0v) is 22.6. The molecule has 0 atom stereocenters. The van der Waals surface area contributed by atoms with Crippen LogP contribution in [0.2, 0.25) is 10.0 Å². The highest BCUT2D eigenvalue weighted by atomic mass is 35.5. The molecule has 0 aliphatic rings. The highest BCUT2D eigenvalue weighted by molar-refractivity contribution is 6.42. The van der Waals surface area contributed by atoms with Crippen LogP contribution >= 0.6 is 23.2 Å². The van der Waals surface area contributed by atoms with E-state index in [4.69, 9.17) is 37.4 Å². The van der Waals surface area contributed by atoms with Crippen molar-refractivity contribution >= 4 is 41.3 Å². The minimum absolute atomic E-state index is 0.208. The standard InChI is InChI=1S/C30H24Cl2N2O5/c1-19-3-5-20(6-4-19)18-38-24-11-8-22(9-12-24)29(35)34-33-17-21-7-14-27(28(15-21)37-2)39-30(36)23-10-13-25(31)26(32)16-23/h3-17H,18H2,1-2H3,(H,34,35)/b33-17-. The number of ether oxygens (including phenoxy) is 3. The molecule has 7 nitrogen and oxygen atoms in total. The molecule has 0 aliphatic heterocycles. The molecule has 4 aromatic rings. The Morgan fingerprint density at radius 2 is 1.56 bits per heavy atom. The van der Waals surface area contributed by atoms with Gasteiger partial charge in [0.1, 0.15) is 12.4 Å². The molecule has 39 heavy (non-hydrogen) atoms. The van der Waals surface area contributed by atoms with Crippen LogP contribution in [0, 0.1) is 6.92 Å². The van der Waals surface area contributed by atoms with Crippen LogP contribution in [0.3, 0.4) is 0 Å². The molecule has 0 aliphatic carbocycles. The lowest BCUT2D eigenvalue weighted by Crippen LogP contribution is -2.17. The highest BCUT2D eigenvalue weighted by Gasteiger charge is 2.14. The molecule has 0 bridgehead atoms. The maximum absolute atomic E-state index is 12.5. The molecule has 0 aromatic heterocycles. The Balaban J connectivity index is 1.32. The molecule has 198 valence electrons. The number of esters is 1. The first kappa shape index (κ1) is 27.7. The van der Waals surface area contributed by atoms with E-state index in [-0.39, 0.29) is 22.2 Å². The third-order valence-electron chi connectivity index (χ3n) is 5.57. The van der Waals surface area contributed by atoms with E-state index < -0.39 is 5.97 Å². The monoisotopic (exact) mass is 562 g/mol. The van der Waals surface area contributed by atoms with Crippen LogP contribution in [-0.2, 0) is 6.61 Å². The summed E-state index contributed by atoms with van der Waals surface area (Å²) in [6.45, 7) is 2.47. The van der Waals surface area contributed by atoms with Gasteiger partial charge >= 0.3 is 5.97 Å². The summed E-state index contributed by atoms with van der Waals surface area (Å²) in [6, 6.07) is 24.2. The number of aryl methyl sites for hydroxylation is 1. The fourth-order valence-electron chi connectivity index (χ4n) is 3.41. The fourth-order valence-corrected chi connectivity index (χ4v) is 3.71. The number of methoxy groups -OCH3 is 1. The molecule has 0 spiro atoms. The second-order valence-electron chi connectivity index (χ2n) is 8.43. The minimum Gasteiger partial charge on any atom is -0.493 e. The van der Waals surface area contributed by atoms with Gasteiger partial charge in [-0.15, -0.1) is 0 Å². The maximum Gasteiger partial charge on any atom is 0.343 e. The van der Waals surface area contributed by atoms with Gasteiger partial charge in [0.2, 0.25) is 0 Å². The van der Waals surface area contributed by atoms with E-state index in [0.29, 0.717) is 34.3 Å². The van der Waals surface area contributed by atoms with Crippen molar-refractivity contribution in [3.05, 3.63) is 123 Å². The van der Waals surface area contributed by atoms with Gasteiger partial charge in [-0.3, -0.25) is 4.79 Å². The normalized spacial score (nSPS) is 10.8. The van der Waals surface area contributed by atoms with Crippen LogP contribution in [0.4, 0.5) is 0 Å². The van der Waals surface area contributed by atoms with Gasteiger partial charge in [0.05, 0.1) is 28.9 Å². The number of halogens is 2. The Hall–Kier alpha value is -4.33. The summed E-state index contributed by atoms with van der Waals surface area (Å²) in [6.07, 6.45) is 1.45. The topological polar surface area (TPSA) is 86.2 Å². The summed E-state index contributed by atoms with van der Waals surface area (Å²) in [5.41, 5.74) is 6.02. The van der Waals surface area contributed by atoms with Crippen LogP contribution in [0.5, 0.6) is 17.2 Å². The lowest BCUT2D eigenvalue weighted by atomic mass is 10.2. The molecule has 0 fully saturated rings. The average molecular weight is 563 g/mol. The van der Waals surface area contributed by atoms with Crippen LogP contribution < -0.4 is 19.6 Å². The average Bonchev–Trinajstić information content (AvgIpc) is 2.95. The van der Waals surface area contributed by atoms with E-state index in [0.717, 1.165) is 5.56 Å². The number of nitrogens with zero attached hydrogens (tertiary/aromatic N) is 1. The number of hydrogen-bond acceptors (Lipinski definition) is 6. The van der Waals surface area contributed by atoms with Crippen molar-refractivity contribution < 1.29 is 23.8 Å². The van der Waals surface area contributed by atoms with Crippen molar-refractivity contribution in [2.45, 2.75) is 13.5 Å². The lowest BCUT2D eigenvalue weighted by Gasteiger charge is -2.10. The van der Waals surface area contributed by atoms with Gasteiger partial charge in [-0.05, 0) is 78.7 Å². The van der Waals surface area contributed by atoms with Gasteiger partial charge in [-0.1, -0.05) is 53.0 Å². The fraction of sp³-hybridized carbons (Fsp3) is 0.100. The second kappa shape index (κ2) is 13.0. The largest absolute Gasteiger partial charge is 0.493 e. The molecule has 1 amide bonds. The van der Waals surface area contributed by atoms with Gasteiger partial charge in [0.15, 0.2) is 11.5 Å². The van der Waals surface area contributed by atoms with Crippen molar-refractivity contribution in [3.63, 3.8) is 0 Å². The summed E-state index contributed by atoms with van der Waals surface area (Å²) >= 11 is 11.9. The molecule has 4 rings (SSSR count). The number of carbonyl (C=O) groups excluding carboxylic acids is 2. The van der Waals surface area contributed by atoms with E-state index in [2.05, 4.69) is 10.5 Å². The smallest absolute Gasteiger partial charge is 0.343 e. The van der Waals surface area contributed by atoms with Gasteiger partial charge in [0.25, 0.3) is 5.91 Å². The number of hydrogen-bond donors (Lipinski definition) is 1. The summed E-state index contributed by atoms with van der Waals surface area (Å²) < 4.78 is 16.6. The van der Waals surface area contributed by atoms with E-state index in [9.17, 15) is 9.59 Å². The molecule has 4 aromatic carbocycles. The first-order chi connectivity index (χ1) is 18.8. The van der Waals surface area contributed by atoms with Crippen molar-refractivity contribution in [1.82, 2.24) is 5.43 Å². The van der Waals surface area contributed by atoms with Crippen molar-refractivity contribution in [2.75, 3.05) is 7.11 Å².